The Morgan fingerprint density at radius 3 is 2.20 bits per heavy atom. The van der Waals surface area contributed by atoms with Gasteiger partial charge in [-0.15, -0.1) is 0 Å². The Kier molecular flexibility index (Phi) is 8.25. The average molecular weight is 301 g/mol. The molecule has 0 saturated carbocycles. The molecule has 0 heterocycles. The molecule has 0 fully saturated rings. The van der Waals surface area contributed by atoms with Crippen LogP contribution in [-0.2, 0) is 0 Å². The van der Waals surface area contributed by atoms with Gasteiger partial charge in [-0.25, -0.2) is 0 Å². The molecule has 0 bridgehead atoms. The molecule has 0 aromatic rings. The van der Waals surface area contributed by atoms with Crippen molar-refractivity contribution < 1.29 is 0 Å². The molecule has 0 aliphatic rings. The van der Waals surface area contributed by atoms with Crippen LogP contribution in [0.1, 0.15) is 67.7 Å². The lowest BCUT2D eigenvalue weighted by molar-refractivity contribution is 0.317. The second-order valence-corrected chi connectivity index (χ2v) is 7.39. The minimum absolute atomic E-state index is 0.169. The number of thiocarbonyl (C=S) groups is 1. The van der Waals surface area contributed by atoms with Crippen LogP contribution in [-0.4, -0.2) is 22.9 Å². The third kappa shape index (κ3) is 10.1. The maximum Gasteiger partial charge on any atom is 0.168 e. The van der Waals surface area contributed by atoms with E-state index in [-0.39, 0.29) is 5.54 Å². The number of rotatable bonds is 7. The summed E-state index contributed by atoms with van der Waals surface area (Å²) in [5.74, 6) is 0.518. The number of hydrogen-bond acceptors (Lipinski definition) is 3. The third-order valence-corrected chi connectivity index (χ3v) is 2.82. The van der Waals surface area contributed by atoms with E-state index < -0.39 is 5.66 Å². The van der Waals surface area contributed by atoms with Crippen molar-refractivity contribution in [3.05, 3.63) is 0 Å². The van der Waals surface area contributed by atoms with Crippen LogP contribution in [0.5, 0.6) is 0 Å². The predicted molar refractivity (Wildman–Crippen MR) is 91.1 cm³/mol. The van der Waals surface area contributed by atoms with E-state index in [1.165, 1.54) is 0 Å². The van der Waals surface area contributed by atoms with E-state index >= 15 is 0 Å². The van der Waals surface area contributed by atoms with E-state index in [0.717, 1.165) is 25.8 Å². The fourth-order valence-electron chi connectivity index (χ4n) is 1.84. The summed E-state index contributed by atoms with van der Waals surface area (Å²) in [7, 11) is 0. The Morgan fingerprint density at radius 1 is 1.15 bits per heavy atom. The van der Waals surface area contributed by atoms with E-state index in [1.54, 1.807) is 0 Å². The molecule has 0 rings (SSSR count). The van der Waals surface area contributed by atoms with Crippen LogP contribution < -0.4 is 10.6 Å². The zero-order valence-electron chi connectivity index (χ0n) is 14.2. The zero-order chi connectivity index (χ0) is 15.8. The minimum atomic E-state index is -0.447. The van der Waals surface area contributed by atoms with E-state index in [4.69, 9.17) is 12.2 Å². The Balaban J connectivity index is 4.70. The van der Waals surface area contributed by atoms with Gasteiger partial charge < -0.3 is 10.6 Å². The van der Waals surface area contributed by atoms with Gasteiger partial charge in [-0.1, -0.05) is 27.2 Å². The lowest BCUT2D eigenvalue weighted by Crippen LogP contribution is -2.49. The van der Waals surface area contributed by atoms with Crippen molar-refractivity contribution in [3.63, 3.8) is 0 Å². The van der Waals surface area contributed by atoms with Crippen molar-refractivity contribution in [2.45, 2.75) is 78.9 Å². The summed E-state index contributed by atoms with van der Waals surface area (Å²) in [5, 5.41) is 16.1. The molecule has 0 aromatic heterocycles. The fraction of sp³-hybridized carbons (Fsp3) is 0.933. The number of azo groups is 1. The van der Waals surface area contributed by atoms with Gasteiger partial charge in [-0.3, -0.25) is 0 Å². The normalized spacial score (nSPS) is 15.4. The first-order chi connectivity index (χ1) is 9.08. The van der Waals surface area contributed by atoms with Crippen molar-refractivity contribution in [1.82, 2.24) is 10.6 Å². The highest BCUT2D eigenvalue weighted by Gasteiger charge is 2.26. The monoisotopic (exact) mass is 300 g/mol. The second kappa shape index (κ2) is 8.55. The van der Waals surface area contributed by atoms with Crippen LogP contribution in [0.25, 0.3) is 0 Å². The predicted octanol–water partition coefficient (Wildman–Crippen LogP) is 4.26. The van der Waals surface area contributed by atoms with Crippen LogP contribution in [0.3, 0.4) is 0 Å². The zero-order valence-corrected chi connectivity index (χ0v) is 15.0. The number of nitrogens with zero attached hydrogens (tertiary/aromatic N) is 2. The molecule has 0 aliphatic heterocycles. The molecule has 2 N–H and O–H groups in total. The van der Waals surface area contributed by atoms with E-state index in [1.807, 2.05) is 20.8 Å². The number of nitrogens with one attached hydrogen (secondary N) is 2. The molecule has 0 aromatic carbocycles. The van der Waals surface area contributed by atoms with Gasteiger partial charge >= 0.3 is 0 Å². The molecule has 0 saturated heterocycles. The van der Waals surface area contributed by atoms with Crippen LogP contribution in [0.2, 0.25) is 0 Å². The lowest BCUT2D eigenvalue weighted by Gasteiger charge is -2.29. The standard InChI is InChI=1S/C15H32N4S/c1-8-9-10-16-13(20)17-15(7,11-12(2)3)19-18-14(4,5)6/h12H,8-11H2,1-7H3,(H2,16,17,20). The minimum Gasteiger partial charge on any atom is -0.363 e. The smallest absolute Gasteiger partial charge is 0.168 e. The Morgan fingerprint density at radius 2 is 1.75 bits per heavy atom. The second-order valence-electron chi connectivity index (χ2n) is 6.98. The molecular formula is C15H32N4S. The fourth-order valence-corrected chi connectivity index (χ4v) is 2.16. The molecule has 118 valence electrons. The maximum atomic E-state index is 5.35. The largest absolute Gasteiger partial charge is 0.363 e. The highest BCUT2D eigenvalue weighted by atomic mass is 32.1. The quantitative estimate of drug-likeness (QED) is 0.419. The van der Waals surface area contributed by atoms with Gasteiger partial charge in [-0.2, -0.15) is 10.2 Å². The Bertz CT molecular complexity index is 320. The highest BCUT2D eigenvalue weighted by Crippen LogP contribution is 2.21. The van der Waals surface area contributed by atoms with Crippen molar-refractivity contribution in [1.29, 1.82) is 0 Å². The molecule has 0 aliphatic carbocycles. The van der Waals surface area contributed by atoms with Gasteiger partial charge in [0.05, 0.1) is 5.54 Å². The molecule has 20 heavy (non-hydrogen) atoms. The molecular weight excluding hydrogens is 268 g/mol. The van der Waals surface area contributed by atoms with E-state index in [0.29, 0.717) is 11.0 Å². The third-order valence-electron chi connectivity index (χ3n) is 2.58. The van der Waals surface area contributed by atoms with Gasteiger partial charge in [0, 0.05) is 6.54 Å². The van der Waals surface area contributed by atoms with E-state index in [9.17, 15) is 0 Å². The number of unbranched alkanes of at least 4 members (excludes halogenated alkanes) is 1. The van der Waals surface area contributed by atoms with Crippen LogP contribution in [0.15, 0.2) is 10.2 Å². The van der Waals surface area contributed by atoms with Crippen molar-refractivity contribution in [3.8, 4) is 0 Å². The average Bonchev–Trinajstić information content (AvgIpc) is 2.25. The Labute approximate surface area is 130 Å². The lowest BCUT2D eigenvalue weighted by atomic mass is 10.00. The van der Waals surface area contributed by atoms with Crippen LogP contribution in [0.4, 0.5) is 0 Å². The summed E-state index contributed by atoms with van der Waals surface area (Å²) < 4.78 is 0. The summed E-state index contributed by atoms with van der Waals surface area (Å²) in [5.41, 5.74) is -0.616. The molecule has 4 nitrogen and oxygen atoms in total. The summed E-state index contributed by atoms with van der Waals surface area (Å²) in [6, 6.07) is 0. The molecule has 0 amide bonds. The van der Waals surface area contributed by atoms with Gasteiger partial charge in [0.2, 0.25) is 0 Å². The number of hydrogen-bond donors (Lipinski definition) is 2. The SMILES string of the molecule is CCCCNC(=S)NC(C)(CC(C)C)N=NC(C)(C)C. The van der Waals surface area contributed by atoms with Crippen molar-refractivity contribution in [2.75, 3.05) is 6.54 Å². The summed E-state index contributed by atoms with van der Waals surface area (Å²) in [6.45, 7) is 15.6. The summed E-state index contributed by atoms with van der Waals surface area (Å²) in [6.07, 6.45) is 3.16. The van der Waals surface area contributed by atoms with Crippen molar-refractivity contribution >= 4 is 17.3 Å². The van der Waals surface area contributed by atoms with Gasteiger partial charge in [0.25, 0.3) is 0 Å². The van der Waals surface area contributed by atoms with Crippen molar-refractivity contribution in [2.24, 2.45) is 16.1 Å². The molecule has 0 spiro atoms. The topological polar surface area (TPSA) is 48.8 Å². The molecule has 1 atom stereocenters. The summed E-state index contributed by atoms with van der Waals surface area (Å²) >= 11 is 5.35. The highest BCUT2D eigenvalue weighted by molar-refractivity contribution is 7.80. The van der Waals surface area contributed by atoms with Gasteiger partial charge in [0.15, 0.2) is 5.11 Å². The first-order valence-electron chi connectivity index (χ1n) is 7.58. The maximum absolute atomic E-state index is 5.35. The van der Waals surface area contributed by atoms with Crippen LogP contribution >= 0.6 is 12.2 Å². The molecule has 5 heteroatoms. The molecule has 0 radical (unpaired) electrons. The van der Waals surface area contributed by atoms with Gasteiger partial charge in [-0.05, 0) is 58.7 Å². The van der Waals surface area contributed by atoms with Crippen LogP contribution in [0, 0.1) is 5.92 Å². The van der Waals surface area contributed by atoms with E-state index in [2.05, 4.69) is 48.6 Å². The Hall–Kier alpha value is -0.710. The van der Waals surface area contributed by atoms with Gasteiger partial charge in [0.1, 0.15) is 5.66 Å². The first-order valence-corrected chi connectivity index (χ1v) is 7.99. The summed E-state index contributed by atoms with van der Waals surface area (Å²) in [4.78, 5) is 0. The molecule has 1 unspecified atom stereocenters. The first kappa shape index (κ1) is 19.3.